The number of nitrogens with one attached hydrogen (secondary N) is 1. The molecular formula is C12H18FN3. The maximum absolute atomic E-state index is 13.4. The van der Waals surface area contributed by atoms with Crippen molar-refractivity contribution >= 4 is 5.84 Å². The van der Waals surface area contributed by atoms with Crippen molar-refractivity contribution < 1.29 is 4.39 Å². The van der Waals surface area contributed by atoms with Gasteiger partial charge in [0.1, 0.15) is 11.7 Å². The molecule has 0 saturated carbocycles. The maximum Gasteiger partial charge on any atom is 0.127 e. The number of benzene rings is 1. The van der Waals surface area contributed by atoms with E-state index in [-0.39, 0.29) is 17.7 Å². The van der Waals surface area contributed by atoms with Gasteiger partial charge in [0, 0.05) is 12.1 Å². The lowest BCUT2D eigenvalue weighted by atomic mass is 10.1. The number of rotatable bonds is 5. The molecular weight excluding hydrogens is 205 g/mol. The predicted octanol–water partition coefficient (Wildman–Crippen LogP) is 1.97. The first-order chi connectivity index (χ1) is 7.56. The summed E-state index contributed by atoms with van der Waals surface area (Å²) in [5, 5.41) is 7.44. The third-order valence-corrected chi connectivity index (χ3v) is 2.66. The summed E-state index contributed by atoms with van der Waals surface area (Å²) in [6, 6.07) is 6.54. The molecule has 0 radical (unpaired) electrons. The first kappa shape index (κ1) is 12.6. The minimum Gasteiger partial charge on any atom is -0.386 e. The minimum atomic E-state index is -0.215. The smallest absolute Gasteiger partial charge is 0.127 e. The Morgan fingerprint density at radius 2 is 2.12 bits per heavy atom. The van der Waals surface area contributed by atoms with Gasteiger partial charge in [-0.05, 0) is 19.5 Å². The molecule has 0 aromatic heterocycles. The zero-order valence-electron chi connectivity index (χ0n) is 9.70. The summed E-state index contributed by atoms with van der Waals surface area (Å²) in [6.07, 6.45) is 0.750. The molecule has 88 valence electrons. The van der Waals surface area contributed by atoms with Crippen molar-refractivity contribution in [3.05, 3.63) is 35.6 Å². The molecule has 0 fully saturated rings. The summed E-state index contributed by atoms with van der Waals surface area (Å²) < 4.78 is 13.4. The van der Waals surface area contributed by atoms with E-state index >= 15 is 0 Å². The van der Waals surface area contributed by atoms with Crippen LogP contribution in [-0.4, -0.2) is 23.8 Å². The molecule has 0 aliphatic heterocycles. The third kappa shape index (κ3) is 3.03. The first-order valence-electron chi connectivity index (χ1n) is 5.33. The summed E-state index contributed by atoms with van der Waals surface area (Å²) in [6.45, 7) is 2.43. The highest BCUT2D eigenvalue weighted by Gasteiger charge is 2.16. The Morgan fingerprint density at radius 1 is 1.50 bits per heavy atom. The molecule has 3 nitrogen and oxygen atoms in total. The lowest BCUT2D eigenvalue weighted by Gasteiger charge is -2.26. The van der Waals surface area contributed by atoms with Gasteiger partial charge < -0.3 is 5.73 Å². The Hall–Kier alpha value is -1.42. The summed E-state index contributed by atoms with van der Waals surface area (Å²) in [5.74, 6) is -0.0888. The van der Waals surface area contributed by atoms with Crippen LogP contribution < -0.4 is 5.73 Å². The number of likely N-dealkylation sites (N-methyl/N-ethyl adjacent to an activating group) is 1. The Balaban J connectivity index is 2.74. The van der Waals surface area contributed by atoms with E-state index in [0.29, 0.717) is 12.1 Å². The first-order valence-corrected chi connectivity index (χ1v) is 5.33. The molecule has 0 bridgehead atoms. The standard InChI is InChI=1S/C12H18FN3/c1-3-11(12(14)15)16(2)8-9-6-4-5-7-10(9)13/h4-7,11H,3,8H2,1-2H3,(H3,14,15). The fraction of sp³-hybridized carbons (Fsp3) is 0.417. The van der Waals surface area contributed by atoms with Crippen molar-refractivity contribution in [2.24, 2.45) is 5.73 Å². The van der Waals surface area contributed by atoms with Crippen LogP contribution in [0.1, 0.15) is 18.9 Å². The van der Waals surface area contributed by atoms with E-state index in [1.807, 2.05) is 18.9 Å². The molecule has 0 amide bonds. The summed E-state index contributed by atoms with van der Waals surface area (Å²) in [5.41, 5.74) is 6.12. The van der Waals surface area contributed by atoms with Crippen LogP contribution in [0.5, 0.6) is 0 Å². The van der Waals surface area contributed by atoms with Gasteiger partial charge in [-0.1, -0.05) is 25.1 Å². The number of hydrogen-bond donors (Lipinski definition) is 2. The fourth-order valence-corrected chi connectivity index (χ4v) is 1.77. The Labute approximate surface area is 95.6 Å². The highest BCUT2D eigenvalue weighted by Crippen LogP contribution is 2.11. The molecule has 4 heteroatoms. The second-order valence-corrected chi connectivity index (χ2v) is 3.89. The van der Waals surface area contributed by atoms with Gasteiger partial charge in [0.15, 0.2) is 0 Å². The van der Waals surface area contributed by atoms with Gasteiger partial charge in [0.25, 0.3) is 0 Å². The van der Waals surface area contributed by atoms with Gasteiger partial charge in [0.05, 0.1) is 6.04 Å². The topological polar surface area (TPSA) is 53.1 Å². The minimum absolute atomic E-state index is 0.125. The van der Waals surface area contributed by atoms with Crippen LogP contribution >= 0.6 is 0 Å². The Kier molecular flexibility index (Phi) is 4.43. The van der Waals surface area contributed by atoms with E-state index in [4.69, 9.17) is 11.1 Å². The molecule has 0 spiro atoms. The molecule has 1 aromatic carbocycles. The number of nitrogens with two attached hydrogens (primary N) is 1. The number of nitrogens with zero attached hydrogens (tertiary/aromatic N) is 1. The second-order valence-electron chi connectivity index (χ2n) is 3.89. The normalized spacial score (nSPS) is 12.8. The Morgan fingerprint density at radius 3 is 2.62 bits per heavy atom. The molecule has 0 aliphatic rings. The van der Waals surface area contributed by atoms with Crippen LogP contribution in [0.3, 0.4) is 0 Å². The van der Waals surface area contributed by atoms with E-state index in [9.17, 15) is 4.39 Å². The van der Waals surface area contributed by atoms with E-state index in [0.717, 1.165) is 6.42 Å². The van der Waals surface area contributed by atoms with E-state index in [1.165, 1.54) is 6.07 Å². The molecule has 0 saturated heterocycles. The van der Waals surface area contributed by atoms with Crippen molar-refractivity contribution in [3.63, 3.8) is 0 Å². The highest BCUT2D eigenvalue weighted by atomic mass is 19.1. The van der Waals surface area contributed by atoms with Crippen molar-refractivity contribution in [2.75, 3.05) is 7.05 Å². The van der Waals surface area contributed by atoms with Crippen molar-refractivity contribution in [2.45, 2.75) is 25.9 Å². The SMILES string of the molecule is CCC(C(=N)N)N(C)Cc1ccccc1F. The number of amidine groups is 1. The van der Waals surface area contributed by atoms with Gasteiger partial charge in [-0.3, -0.25) is 10.3 Å². The summed E-state index contributed by atoms with van der Waals surface area (Å²) in [4.78, 5) is 1.89. The van der Waals surface area contributed by atoms with E-state index < -0.39 is 0 Å². The zero-order valence-corrected chi connectivity index (χ0v) is 9.70. The number of halogens is 1. The molecule has 1 rings (SSSR count). The number of hydrogen-bond acceptors (Lipinski definition) is 2. The second kappa shape index (κ2) is 5.61. The van der Waals surface area contributed by atoms with Gasteiger partial charge in [-0.15, -0.1) is 0 Å². The van der Waals surface area contributed by atoms with Crippen molar-refractivity contribution in [1.82, 2.24) is 4.90 Å². The maximum atomic E-state index is 13.4. The van der Waals surface area contributed by atoms with Gasteiger partial charge in [-0.2, -0.15) is 0 Å². The summed E-state index contributed by atoms with van der Waals surface area (Å²) >= 11 is 0. The molecule has 1 aromatic rings. The third-order valence-electron chi connectivity index (χ3n) is 2.66. The lowest BCUT2D eigenvalue weighted by Crippen LogP contribution is -2.41. The fourth-order valence-electron chi connectivity index (χ4n) is 1.77. The van der Waals surface area contributed by atoms with Crippen LogP contribution in [0.15, 0.2) is 24.3 Å². The monoisotopic (exact) mass is 223 g/mol. The van der Waals surface area contributed by atoms with Crippen LogP contribution in [0, 0.1) is 11.2 Å². The zero-order chi connectivity index (χ0) is 12.1. The van der Waals surface area contributed by atoms with Gasteiger partial charge >= 0.3 is 0 Å². The largest absolute Gasteiger partial charge is 0.386 e. The lowest BCUT2D eigenvalue weighted by molar-refractivity contribution is 0.276. The molecule has 0 aliphatic carbocycles. The van der Waals surface area contributed by atoms with Gasteiger partial charge in [-0.25, -0.2) is 4.39 Å². The average Bonchev–Trinajstić information content (AvgIpc) is 2.22. The van der Waals surface area contributed by atoms with Crippen LogP contribution in [-0.2, 0) is 6.54 Å². The summed E-state index contributed by atoms with van der Waals surface area (Å²) in [7, 11) is 1.85. The van der Waals surface area contributed by atoms with Crippen molar-refractivity contribution in [3.8, 4) is 0 Å². The van der Waals surface area contributed by atoms with E-state index in [1.54, 1.807) is 18.2 Å². The molecule has 3 N–H and O–H groups in total. The van der Waals surface area contributed by atoms with E-state index in [2.05, 4.69) is 0 Å². The quantitative estimate of drug-likeness (QED) is 0.592. The van der Waals surface area contributed by atoms with Crippen LogP contribution in [0.25, 0.3) is 0 Å². The molecule has 1 atom stereocenters. The van der Waals surface area contributed by atoms with Crippen LogP contribution in [0.2, 0.25) is 0 Å². The molecule has 0 heterocycles. The van der Waals surface area contributed by atoms with Crippen molar-refractivity contribution in [1.29, 1.82) is 5.41 Å². The van der Waals surface area contributed by atoms with Crippen LogP contribution in [0.4, 0.5) is 4.39 Å². The molecule has 1 unspecified atom stereocenters. The highest BCUT2D eigenvalue weighted by molar-refractivity contribution is 5.82. The Bertz CT molecular complexity index is 365. The van der Waals surface area contributed by atoms with Gasteiger partial charge in [0.2, 0.25) is 0 Å². The predicted molar refractivity (Wildman–Crippen MR) is 63.9 cm³/mol. The molecule has 16 heavy (non-hydrogen) atoms. The average molecular weight is 223 g/mol.